The van der Waals surface area contributed by atoms with Crippen molar-refractivity contribution >= 4 is 16.3 Å². The van der Waals surface area contributed by atoms with Gasteiger partial charge in [0.1, 0.15) is 11.6 Å². The van der Waals surface area contributed by atoms with Crippen molar-refractivity contribution in [2.45, 2.75) is 13.3 Å². The van der Waals surface area contributed by atoms with E-state index in [0.29, 0.717) is 11.5 Å². The zero-order chi connectivity index (χ0) is 15.1. The van der Waals surface area contributed by atoms with E-state index in [1.54, 1.807) is 16.6 Å². The number of furan rings is 1. The molecule has 5 nitrogen and oxygen atoms in total. The van der Waals surface area contributed by atoms with E-state index < -0.39 is 0 Å². The minimum Gasteiger partial charge on any atom is -0.454 e. The first-order chi connectivity index (χ1) is 10.7. The minimum absolute atomic E-state index is 0.267. The lowest BCUT2D eigenvalue weighted by atomic mass is 10.2. The Kier molecular flexibility index (Phi) is 3.00. The van der Waals surface area contributed by atoms with Crippen LogP contribution in [-0.2, 0) is 6.42 Å². The number of hydrogen-bond acceptors (Lipinski definition) is 5. The van der Waals surface area contributed by atoms with Crippen LogP contribution in [0.3, 0.4) is 0 Å². The van der Waals surface area contributed by atoms with E-state index in [-0.39, 0.29) is 5.82 Å². The van der Waals surface area contributed by atoms with Crippen molar-refractivity contribution in [3.8, 4) is 22.1 Å². The summed E-state index contributed by atoms with van der Waals surface area (Å²) in [4.78, 5) is 0.742. The van der Waals surface area contributed by atoms with Gasteiger partial charge in [0.2, 0.25) is 4.96 Å². The smallest absolute Gasteiger partial charge is 0.235 e. The molecule has 7 heteroatoms. The summed E-state index contributed by atoms with van der Waals surface area (Å²) in [6, 6.07) is 9.90. The van der Waals surface area contributed by atoms with E-state index in [0.717, 1.165) is 27.8 Å². The highest BCUT2D eigenvalue weighted by Crippen LogP contribution is 2.31. The largest absolute Gasteiger partial charge is 0.454 e. The van der Waals surface area contributed by atoms with Gasteiger partial charge in [-0.3, -0.25) is 0 Å². The van der Waals surface area contributed by atoms with Crippen LogP contribution in [0.5, 0.6) is 0 Å². The van der Waals surface area contributed by atoms with Gasteiger partial charge in [0.05, 0.1) is 0 Å². The van der Waals surface area contributed by atoms with Gasteiger partial charge in [0.25, 0.3) is 0 Å². The van der Waals surface area contributed by atoms with E-state index in [4.69, 9.17) is 4.42 Å². The summed E-state index contributed by atoms with van der Waals surface area (Å²) in [5, 5.41) is 13.4. The molecule has 3 aromatic heterocycles. The number of rotatable bonds is 3. The highest BCUT2D eigenvalue weighted by Gasteiger charge is 2.15. The van der Waals surface area contributed by atoms with Crippen molar-refractivity contribution in [3.63, 3.8) is 0 Å². The number of benzene rings is 1. The van der Waals surface area contributed by atoms with Crippen molar-refractivity contribution < 1.29 is 8.81 Å². The molecule has 0 fully saturated rings. The standard InChI is InChI=1S/C15H11FN4OS/c1-2-13-17-18-15-20(13)19-14(22-15)12-8-7-11(21-12)9-3-5-10(16)6-4-9/h3-8H,2H2,1H3. The molecule has 0 saturated carbocycles. The maximum atomic E-state index is 13.0. The summed E-state index contributed by atoms with van der Waals surface area (Å²) in [7, 11) is 0. The second-order valence-electron chi connectivity index (χ2n) is 4.74. The van der Waals surface area contributed by atoms with Gasteiger partial charge in [-0.05, 0) is 36.4 Å². The molecule has 0 aliphatic carbocycles. The van der Waals surface area contributed by atoms with Crippen LogP contribution in [-0.4, -0.2) is 19.8 Å². The van der Waals surface area contributed by atoms with Gasteiger partial charge >= 0.3 is 0 Å². The molecular weight excluding hydrogens is 303 g/mol. The fourth-order valence-corrected chi connectivity index (χ4v) is 3.02. The molecule has 0 atom stereocenters. The quantitative estimate of drug-likeness (QED) is 0.577. The monoisotopic (exact) mass is 314 g/mol. The molecule has 0 radical (unpaired) electrons. The zero-order valence-electron chi connectivity index (χ0n) is 11.7. The Labute approximate surface area is 129 Å². The Balaban J connectivity index is 1.73. The Bertz CT molecular complexity index is 938. The van der Waals surface area contributed by atoms with E-state index in [9.17, 15) is 4.39 Å². The van der Waals surface area contributed by atoms with Gasteiger partial charge in [0.15, 0.2) is 16.6 Å². The van der Waals surface area contributed by atoms with Crippen molar-refractivity contribution in [3.05, 3.63) is 48.0 Å². The first-order valence-corrected chi connectivity index (χ1v) is 7.63. The van der Waals surface area contributed by atoms with E-state index >= 15 is 0 Å². The van der Waals surface area contributed by atoms with E-state index in [1.165, 1.54) is 23.5 Å². The Morgan fingerprint density at radius 1 is 1.09 bits per heavy atom. The molecule has 0 N–H and O–H groups in total. The van der Waals surface area contributed by atoms with Gasteiger partial charge in [-0.15, -0.1) is 15.3 Å². The van der Waals surface area contributed by atoms with Crippen LogP contribution in [0.15, 0.2) is 40.8 Å². The maximum Gasteiger partial charge on any atom is 0.235 e. The van der Waals surface area contributed by atoms with Crippen LogP contribution < -0.4 is 0 Å². The Morgan fingerprint density at radius 3 is 2.64 bits per heavy atom. The van der Waals surface area contributed by atoms with Crippen LogP contribution in [0, 0.1) is 5.82 Å². The summed E-state index contributed by atoms with van der Waals surface area (Å²) in [6.07, 6.45) is 0.767. The van der Waals surface area contributed by atoms with Crippen molar-refractivity contribution in [1.29, 1.82) is 0 Å². The summed E-state index contributed by atoms with van der Waals surface area (Å²) in [5.41, 5.74) is 0.824. The second kappa shape index (κ2) is 5.03. The summed E-state index contributed by atoms with van der Waals surface area (Å²) in [6.45, 7) is 2.01. The Morgan fingerprint density at radius 2 is 1.86 bits per heavy atom. The fourth-order valence-electron chi connectivity index (χ4n) is 2.20. The molecule has 0 bridgehead atoms. The average Bonchev–Trinajstić information content (AvgIpc) is 3.22. The fraction of sp³-hybridized carbons (Fsp3) is 0.133. The van der Waals surface area contributed by atoms with Gasteiger partial charge in [-0.25, -0.2) is 4.39 Å². The Hall–Kier alpha value is -2.54. The second-order valence-corrected chi connectivity index (χ2v) is 5.70. The SMILES string of the molecule is CCc1nnc2sc(-c3ccc(-c4ccc(F)cc4)o3)nn12. The topological polar surface area (TPSA) is 56.2 Å². The molecule has 0 amide bonds. The summed E-state index contributed by atoms with van der Waals surface area (Å²) in [5.74, 6) is 1.90. The lowest BCUT2D eigenvalue weighted by Crippen LogP contribution is -1.92. The molecule has 22 heavy (non-hydrogen) atoms. The normalized spacial score (nSPS) is 11.4. The van der Waals surface area contributed by atoms with Gasteiger partial charge in [0, 0.05) is 12.0 Å². The molecule has 3 heterocycles. The zero-order valence-corrected chi connectivity index (χ0v) is 12.5. The third-order valence-electron chi connectivity index (χ3n) is 3.32. The predicted octanol–water partition coefficient (Wildman–Crippen LogP) is 3.81. The third kappa shape index (κ3) is 2.10. The summed E-state index contributed by atoms with van der Waals surface area (Å²) >= 11 is 1.42. The minimum atomic E-state index is -0.267. The molecule has 4 rings (SSSR count). The first-order valence-electron chi connectivity index (χ1n) is 6.82. The van der Waals surface area contributed by atoms with Crippen LogP contribution >= 0.6 is 11.3 Å². The number of aromatic nitrogens is 4. The molecule has 4 aromatic rings. The molecule has 0 saturated heterocycles. The van der Waals surface area contributed by atoms with Gasteiger partial charge in [-0.1, -0.05) is 18.3 Å². The maximum absolute atomic E-state index is 13.0. The van der Waals surface area contributed by atoms with Gasteiger partial charge in [-0.2, -0.15) is 4.52 Å². The highest BCUT2D eigenvalue weighted by atomic mass is 32.1. The summed E-state index contributed by atoms with van der Waals surface area (Å²) < 4.78 is 20.5. The molecule has 0 unspecified atom stereocenters. The number of aryl methyl sites for hydroxylation is 1. The molecule has 1 aromatic carbocycles. The molecule has 110 valence electrons. The lowest BCUT2D eigenvalue weighted by molar-refractivity contribution is 0.594. The highest BCUT2D eigenvalue weighted by molar-refractivity contribution is 7.19. The van der Waals surface area contributed by atoms with Crippen LogP contribution in [0.4, 0.5) is 4.39 Å². The number of hydrogen-bond donors (Lipinski definition) is 0. The van der Waals surface area contributed by atoms with E-state index in [1.807, 2.05) is 19.1 Å². The molecule has 0 spiro atoms. The average molecular weight is 314 g/mol. The molecule has 0 aliphatic heterocycles. The predicted molar refractivity (Wildman–Crippen MR) is 81.1 cm³/mol. The van der Waals surface area contributed by atoms with Gasteiger partial charge < -0.3 is 4.42 Å². The lowest BCUT2D eigenvalue weighted by Gasteiger charge is -1.96. The van der Waals surface area contributed by atoms with Crippen LogP contribution in [0.1, 0.15) is 12.7 Å². The molecule has 0 aliphatic rings. The van der Waals surface area contributed by atoms with Crippen molar-refractivity contribution in [2.75, 3.05) is 0 Å². The number of fused-ring (bicyclic) bond motifs is 1. The number of halogens is 1. The van der Waals surface area contributed by atoms with Crippen LogP contribution in [0.2, 0.25) is 0 Å². The van der Waals surface area contributed by atoms with Crippen LogP contribution in [0.25, 0.3) is 27.1 Å². The van der Waals surface area contributed by atoms with Crippen molar-refractivity contribution in [1.82, 2.24) is 19.8 Å². The van der Waals surface area contributed by atoms with E-state index in [2.05, 4.69) is 15.3 Å². The third-order valence-corrected chi connectivity index (χ3v) is 4.23. The molecular formula is C15H11FN4OS. The first kappa shape index (κ1) is 13.1. The van der Waals surface area contributed by atoms with Crippen molar-refractivity contribution in [2.24, 2.45) is 0 Å². The number of nitrogens with zero attached hydrogens (tertiary/aromatic N) is 4.